The quantitative estimate of drug-likeness (QED) is 0.722. The van der Waals surface area contributed by atoms with Crippen LogP contribution in [-0.4, -0.2) is 41.1 Å². The maximum atomic E-state index is 12.7. The molecule has 3 aliphatic rings. The average Bonchev–Trinajstić information content (AvgIpc) is 3.32. The average molecular weight is 364 g/mol. The summed E-state index contributed by atoms with van der Waals surface area (Å²) in [7, 11) is 0. The number of rotatable bonds is 4. The van der Waals surface area contributed by atoms with Gasteiger partial charge in [0.05, 0.1) is 6.54 Å². The molecule has 1 heterocycles. The number of hydrogen-bond donors (Lipinski definition) is 0. The monoisotopic (exact) mass is 363 g/mol. The smallest absolute Gasteiger partial charge is 0.331 e. The van der Waals surface area contributed by atoms with Crippen molar-refractivity contribution in [1.29, 1.82) is 0 Å². The van der Waals surface area contributed by atoms with E-state index in [1.54, 1.807) is 13.8 Å². The second-order valence-corrected chi connectivity index (χ2v) is 7.74. The number of carbonyl (C=O) groups is 3. The predicted octanol–water partition coefficient (Wildman–Crippen LogP) is 2.70. The van der Waals surface area contributed by atoms with E-state index in [1.807, 2.05) is 0 Å². The highest BCUT2D eigenvalue weighted by atomic mass is 35.5. The number of alkyl halides is 3. The number of halogens is 4. The van der Waals surface area contributed by atoms with Gasteiger partial charge in [0.25, 0.3) is 0 Å². The van der Waals surface area contributed by atoms with Gasteiger partial charge in [0.15, 0.2) is 17.5 Å². The molecule has 1 saturated heterocycles. The van der Waals surface area contributed by atoms with Gasteiger partial charge in [0.1, 0.15) is 5.03 Å². The van der Waals surface area contributed by atoms with Crippen molar-refractivity contribution >= 4 is 29.1 Å². The second-order valence-electron chi connectivity index (χ2n) is 7.34. The van der Waals surface area contributed by atoms with Gasteiger partial charge in [-0.05, 0) is 24.2 Å². The van der Waals surface area contributed by atoms with Gasteiger partial charge in [0.2, 0.25) is 5.91 Å². The fourth-order valence-electron chi connectivity index (χ4n) is 3.58. The predicted molar refractivity (Wildman–Crippen MR) is 79.0 cm³/mol. The minimum atomic E-state index is -4.67. The summed E-state index contributed by atoms with van der Waals surface area (Å²) < 4.78 is 37.8. The third-order valence-electron chi connectivity index (χ3n) is 5.26. The van der Waals surface area contributed by atoms with Crippen LogP contribution in [0.25, 0.3) is 0 Å². The van der Waals surface area contributed by atoms with E-state index in [2.05, 4.69) is 0 Å². The van der Waals surface area contributed by atoms with Crippen molar-refractivity contribution in [2.45, 2.75) is 38.9 Å². The number of hydrogen-bond acceptors (Lipinski definition) is 3. The Hall–Kier alpha value is -1.37. The van der Waals surface area contributed by atoms with Crippen LogP contribution >= 0.6 is 11.6 Å². The molecule has 2 aliphatic carbocycles. The molecule has 3 fully saturated rings. The Morgan fingerprint density at radius 1 is 1.29 bits per heavy atom. The molecular weight excluding hydrogens is 347 g/mol. The number of ketones is 2. The van der Waals surface area contributed by atoms with E-state index >= 15 is 0 Å². The second kappa shape index (κ2) is 5.31. The molecule has 2 saturated carbocycles. The van der Waals surface area contributed by atoms with E-state index < -0.39 is 51.9 Å². The minimum Gasteiger partial charge on any atom is -0.331 e. The summed E-state index contributed by atoms with van der Waals surface area (Å²) in [5.74, 6) is -4.42. The first-order chi connectivity index (χ1) is 11.0. The van der Waals surface area contributed by atoms with Crippen molar-refractivity contribution in [2.24, 2.45) is 23.2 Å². The molecular formula is C16H17ClF3NO3. The molecule has 24 heavy (non-hydrogen) atoms. The normalized spacial score (nSPS) is 33.2. The Balaban J connectivity index is 1.78. The van der Waals surface area contributed by atoms with Crippen molar-refractivity contribution in [3.8, 4) is 0 Å². The molecule has 0 aromatic heterocycles. The molecule has 0 bridgehead atoms. The largest absolute Gasteiger partial charge is 0.426 e. The van der Waals surface area contributed by atoms with Crippen LogP contribution in [0.15, 0.2) is 11.1 Å². The van der Waals surface area contributed by atoms with Gasteiger partial charge in [-0.25, -0.2) is 0 Å². The van der Waals surface area contributed by atoms with Gasteiger partial charge in [-0.15, -0.1) is 0 Å². The first-order valence-electron chi connectivity index (χ1n) is 7.77. The summed E-state index contributed by atoms with van der Waals surface area (Å²) >= 11 is 5.26. The molecule has 3 unspecified atom stereocenters. The van der Waals surface area contributed by atoms with Crippen molar-refractivity contribution in [2.75, 3.05) is 6.54 Å². The molecule has 0 aromatic rings. The summed E-state index contributed by atoms with van der Waals surface area (Å²) in [4.78, 5) is 38.5. The van der Waals surface area contributed by atoms with Crippen LogP contribution in [0.2, 0.25) is 0 Å². The third-order valence-corrected chi connectivity index (χ3v) is 5.60. The maximum Gasteiger partial charge on any atom is 0.426 e. The molecule has 0 N–H and O–H groups in total. The zero-order chi connectivity index (χ0) is 18.0. The lowest BCUT2D eigenvalue weighted by molar-refractivity contribution is -0.140. The number of carbonyl (C=O) groups excluding carboxylic acids is 3. The number of Topliss-reactive ketones (excluding diaryl/α,β-unsaturated/α-hetero) is 2. The number of nitrogens with zero attached hydrogens (tertiary/aromatic N) is 1. The summed E-state index contributed by atoms with van der Waals surface area (Å²) in [6.45, 7) is 3.20. The number of likely N-dealkylation sites (tertiary alicyclic amines) is 1. The molecule has 132 valence electrons. The van der Waals surface area contributed by atoms with E-state index in [9.17, 15) is 27.6 Å². The fraction of sp³-hybridized carbons (Fsp3) is 0.688. The summed E-state index contributed by atoms with van der Waals surface area (Å²) in [5, 5.41) is -1.28. The van der Waals surface area contributed by atoms with Gasteiger partial charge in [0, 0.05) is 12.0 Å². The van der Waals surface area contributed by atoms with E-state index in [0.717, 1.165) is 18.9 Å². The van der Waals surface area contributed by atoms with Gasteiger partial charge >= 0.3 is 6.18 Å². The first kappa shape index (κ1) is 17.5. The standard InChI is InChI=1S/C16H17ClF3NO3/c1-15(2)8(5-10(17)16(18,19)20)12(15)13(23)11-9(22)6-21(14(11)24)7-3-4-7/h5,7-8,11-12H,3-4,6H2,1-2H3/b10-5-. The highest BCUT2D eigenvalue weighted by Gasteiger charge is 2.64. The maximum absolute atomic E-state index is 12.7. The third kappa shape index (κ3) is 2.76. The number of allylic oxidation sites excluding steroid dienone is 2. The van der Waals surface area contributed by atoms with Crippen LogP contribution in [0.5, 0.6) is 0 Å². The van der Waals surface area contributed by atoms with Crippen molar-refractivity contribution in [3.05, 3.63) is 11.1 Å². The lowest BCUT2D eigenvalue weighted by Crippen LogP contribution is -2.33. The molecule has 4 nitrogen and oxygen atoms in total. The van der Waals surface area contributed by atoms with Crippen LogP contribution in [0.4, 0.5) is 13.2 Å². The molecule has 0 radical (unpaired) electrons. The zero-order valence-corrected chi connectivity index (χ0v) is 13.9. The van der Waals surface area contributed by atoms with Crippen LogP contribution in [0.1, 0.15) is 26.7 Å². The molecule has 0 spiro atoms. The van der Waals surface area contributed by atoms with Crippen LogP contribution < -0.4 is 0 Å². The SMILES string of the molecule is CC1(C)C(/C=C(\Cl)C(F)(F)F)C1C(=O)C1C(=O)CN(C2CC2)C1=O. The first-order valence-corrected chi connectivity index (χ1v) is 8.15. The zero-order valence-electron chi connectivity index (χ0n) is 13.2. The van der Waals surface area contributed by atoms with E-state index in [-0.39, 0.29) is 12.6 Å². The van der Waals surface area contributed by atoms with Gasteiger partial charge in [-0.1, -0.05) is 31.5 Å². The molecule has 0 aromatic carbocycles. The summed E-state index contributed by atoms with van der Waals surface area (Å²) in [6, 6.07) is 0.0295. The van der Waals surface area contributed by atoms with Crippen LogP contribution in [0, 0.1) is 23.2 Å². The van der Waals surface area contributed by atoms with E-state index in [4.69, 9.17) is 11.6 Å². The lowest BCUT2D eigenvalue weighted by atomic mass is 9.94. The Labute approximate surface area is 142 Å². The molecule has 3 rings (SSSR count). The highest BCUT2D eigenvalue weighted by Crippen LogP contribution is 2.61. The molecule has 1 aliphatic heterocycles. The van der Waals surface area contributed by atoms with Gasteiger partial charge in [-0.2, -0.15) is 13.2 Å². The Morgan fingerprint density at radius 3 is 2.38 bits per heavy atom. The summed E-state index contributed by atoms with van der Waals surface area (Å²) in [5.41, 5.74) is -0.754. The van der Waals surface area contributed by atoms with Gasteiger partial charge in [-0.3, -0.25) is 14.4 Å². The fourth-order valence-corrected chi connectivity index (χ4v) is 3.72. The Kier molecular flexibility index (Phi) is 3.86. The van der Waals surface area contributed by atoms with E-state index in [0.29, 0.717) is 0 Å². The van der Waals surface area contributed by atoms with Crippen molar-refractivity contribution in [1.82, 2.24) is 4.90 Å². The topological polar surface area (TPSA) is 54.5 Å². The Morgan fingerprint density at radius 2 is 1.88 bits per heavy atom. The highest BCUT2D eigenvalue weighted by molar-refractivity contribution is 6.30. The molecule has 1 amide bonds. The molecule has 3 atom stereocenters. The summed E-state index contributed by atoms with van der Waals surface area (Å²) in [6.07, 6.45) is -2.20. The van der Waals surface area contributed by atoms with Crippen LogP contribution in [0.3, 0.4) is 0 Å². The minimum absolute atomic E-state index is 0.0295. The lowest BCUT2D eigenvalue weighted by Gasteiger charge is -2.13. The Bertz CT molecular complexity index is 651. The van der Waals surface area contributed by atoms with Crippen molar-refractivity contribution in [3.63, 3.8) is 0 Å². The van der Waals surface area contributed by atoms with E-state index in [1.165, 1.54) is 4.90 Å². The van der Waals surface area contributed by atoms with Crippen molar-refractivity contribution < 1.29 is 27.6 Å². The number of amides is 1. The van der Waals surface area contributed by atoms with Gasteiger partial charge < -0.3 is 4.90 Å². The molecule has 8 heteroatoms. The van der Waals surface area contributed by atoms with Crippen LogP contribution in [-0.2, 0) is 14.4 Å².